The lowest BCUT2D eigenvalue weighted by molar-refractivity contribution is -0.146. The molecule has 0 bridgehead atoms. The number of carbonyl (C=O) groups is 3. The van der Waals surface area contributed by atoms with E-state index in [4.69, 9.17) is 5.11 Å². The summed E-state index contributed by atoms with van der Waals surface area (Å²) >= 11 is 0. The molecule has 110 valence electrons. The van der Waals surface area contributed by atoms with Gasteiger partial charge in [0.05, 0.1) is 5.92 Å². The Labute approximate surface area is 116 Å². The number of rotatable bonds is 1. The van der Waals surface area contributed by atoms with E-state index in [1.54, 1.807) is 9.80 Å². The summed E-state index contributed by atoms with van der Waals surface area (Å²) in [6.45, 7) is 1.93. The van der Waals surface area contributed by atoms with Crippen LogP contribution in [0.15, 0.2) is 0 Å². The van der Waals surface area contributed by atoms with Crippen LogP contribution in [0.3, 0.4) is 0 Å². The van der Waals surface area contributed by atoms with Crippen molar-refractivity contribution in [3.63, 3.8) is 0 Å². The highest BCUT2D eigenvalue weighted by atomic mass is 16.4. The topological polar surface area (TPSA) is 90.0 Å². The quantitative estimate of drug-likeness (QED) is 0.692. The lowest BCUT2D eigenvalue weighted by atomic mass is 9.85. The fourth-order valence-corrected chi connectivity index (χ4v) is 3.27. The molecule has 3 fully saturated rings. The first-order valence-corrected chi connectivity index (χ1v) is 7.10. The van der Waals surface area contributed by atoms with Crippen molar-refractivity contribution in [1.82, 2.24) is 15.1 Å². The molecule has 0 radical (unpaired) electrons. The van der Waals surface area contributed by atoms with Gasteiger partial charge in [-0.25, -0.2) is 4.79 Å². The van der Waals surface area contributed by atoms with Crippen LogP contribution in [0.1, 0.15) is 19.3 Å². The van der Waals surface area contributed by atoms with E-state index >= 15 is 0 Å². The number of amides is 3. The predicted molar refractivity (Wildman–Crippen MR) is 68.9 cm³/mol. The molecule has 20 heavy (non-hydrogen) atoms. The standard InChI is InChI=1S/C13H19N3O4/c17-11-2-1-8-5-15(4-3-10(8)14-11)13(20)16-6-9(7-16)12(18)19/h8-10H,1-7H2,(H,14,17)(H,18,19). The first-order valence-electron chi connectivity index (χ1n) is 7.10. The van der Waals surface area contributed by atoms with Gasteiger partial charge in [0.2, 0.25) is 5.91 Å². The van der Waals surface area contributed by atoms with Crippen molar-refractivity contribution in [2.75, 3.05) is 26.2 Å². The SMILES string of the molecule is O=C1CCC2CN(C(=O)N3CC(C(=O)O)C3)CCC2N1. The Bertz CT molecular complexity index is 447. The van der Waals surface area contributed by atoms with Crippen molar-refractivity contribution in [1.29, 1.82) is 0 Å². The second-order valence-electron chi connectivity index (χ2n) is 5.93. The molecule has 0 saturated carbocycles. The van der Waals surface area contributed by atoms with Crippen LogP contribution in [0.25, 0.3) is 0 Å². The van der Waals surface area contributed by atoms with E-state index in [1.807, 2.05) is 0 Å². The Morgan fingerprint density at radius 3 is 2.60 bits per heavy atom. The molecule has 3 heterocycles. The minimum atomic E-state index is -0.831. The first kappa shape index (κ1) is 13.2. The molecule has 0 aromatic carbocycles. The fourth-order valence-electron chi connectivity index (χ4n) is 3.27. The molecule has 3 aliphatic rings. The smallest absolute Gasteiger partial charge is 0.320 e. The summed E-state index contributed by atoms with van der Waals surface area (Å²) < 4.78 is 0. The van der Waals surface area contributed by atoms with Crippen LogP contribution in [-0.4, -0.2) is 65.0 Å². The summed E-state index contributed by atoms with van der Waals surface area (Å²) in [4.78, 5) is 37.8. The Morgan fingerprint density at radius 2 is 1.90 bits per heavy atom. The number of aliphatic carboxylic acids is 1. The zero-order chi connectivity index (χ0) is 14.3. The summed E-state index contributed by atoms with van der Waals surface area (Å²) in [7, 11) is 0. The van der Waals surface area contributed by atoms with Gasteiger partial charge in [-0.3, -0.25) is 9.59 Å². The molecule has 0 spiro atoms. The van der Waals surface area contributed by atoms with E-state index in [2.05, 4.69) is 5.32 Å². The molecule has 3 rings (SSSR count). The number of hydrogen-bond donors (Lipinski definition) is 2. The molecule has 3 saturated heterocycles. The fraction of sp³-hybridized carbons (Fsp3) is 0.769. The highest BCUT2D eigenvalue weighted by Gasteiger charge is 2.41. The average Bonchev–Trinajstić information content (AvgIpc) is 2.35. The van der Waals surface area contributed by atoms with Crippen molar-refractivity contribution in [3.8, 4) is 0 Å². The predicted octanol–water partition coefficient (Wildman–Crippen LogP) is -0.277. The van der Waals surface area contributed by atoms with E-state index in [0.717, 1.165) is 12.8 Å². The maximum absolute atomic E-state index is 12.3. The molecule has 7 heteroatoms. The number of piperidine rings is 2. The number of fused-ring (bicyclic) bond motifs is 1. The van der Waals surface area contributed by atoms with E-state index in [1.165, 1.54) is 0 Å². The van der Waals surface area contributed by atoms with Crippen LogP contribution in [0.5, 0.6) is 0 Å². The van der Waals surface area contributed by atoms with Crippen molar-refractivity contribution < 1.29 is 19.5 Å². The Kier molecular flexibility index (Phi) is 3.27. The molecule has 0 aliphatic carbocycles. The molecular weight excluding hydrogens is 262 g/mol. The van der Waals surface area contributed by atoms with Gasteiger partial charge in [0.15, 0.2) is 0 Å². The van der Waals surface area contributed by atoms with Gasteiger partial charge in [-0.15, -0.1) is 0 Å². The third-order valence-electron chi connectivity index (χ3n) is 4.59. The molecule has 0 aromatic heterocycles. The van der Waals surface area contributed by atoms with Crippen molar-refractivity contribution in [2.24, 2.45) is 11.8 Å². The van der Waals surface area contributed by atoms with E-state index in [0.29, 0.717) is 38.5 Å². The maximum Gasteiger partial charge on any atom is 0.320 e. The normalized spacial score (nSPS) is 30.3. The number of carboxylic acids is 1. The summed E-state index contributed by atoms with van der Waals surface area (Å²) in [6.07, 6.45) is 2.16. The summed E-state index contributed by atoms with van der Waals surface area (Å²) in [5.41, 5.74) is 0. The van der Waals surface area contributed by atoms with Crippen LogP contribution in [-0.2, 0) is 9.59 Å². The van der Waals surface area contributed by atoms with Gasteiger partial charge in [0.1, 0.15) is 0 Å². The summed E-state index contributed by atoms with van der Waals surface area (Å²) in [6, 6.07) is 0.140. The zero-order valence-electron chi connectivity index (χ0n) is 11.2. The lowest BCUT2D eigenvalue weighted by Crippen LogP contribution is -2.61. The third kappa shape index (κ3) is 2.32. The molecular formula is C13H19N3O4. The number of hydrogen-bond acceptors (Lipinski definition) is 3. The van der Waals surface area contributed by atoms with Crippen LogP contribution >= 0.6 is 0 Å². The largest absolute Gasteiger partial charge is 0.481 e. The Morgan fingerprint density at radius 1 is 1.15 bits per heavy atom. The highest BCUT2D eigenvalue weighted by Crippen LogP contribution is 2.27. The van der Waals surface area contributed by atoms with Gasteiger partial charge in [-0.2, -0.15) is 0 Å². The first-order chi connectivity index (χ1) is 9.54. The maximum atomic E-state index is 12.3. The molecule has 2 unspecified atom stereocenters. The zero-order valence-corrected chi connectivity index (χ0v) is 11.2. The second-order valence-corrected chi connectivity index (χ2v) is 5.93. The Hall–Kier alpha value is -1.79. The minimum Gasteiger partial charge on any atom is -0.481 e. The number of urea groups is 1. The van der Waals surface area contributed by atoms with Gasteiger partial charge in [-0.1, -0.05) is 0 Å². The van der Waals surface area contributed by atoms with E-state index in [9.17, 15) is 14.4 Å². The van der Waals surface area contributed by atoms with Gasteiger partial charge < -0.3 is 20.2 Å². The molecule has 2 atom stereocenters. The highest BCUT2D eigenvalue weighted by molar-refractivity contribution is 5.80. The van der Waals surface area contributed by atoms with Crippen molar-refractivity contribution >= 4 is 17.9 Å². The summed E-state index contributed by atoms with van der Waals surface area (Å²) in [5, 5.41) is 11.8. The molecule has 2 N–H and O–H groups in total. The lowest BCUT2D eigenvalue weighted by Gasteiger charge is -2.45. The molecule has 7 nitrogen and oxygen atoms in total. The molecule has 0 aromatic rings. The monoisotopic (exact) mass is 281 g/mol. The van der Waals surface area contributed by atoms with Gasteiger partial charge >= 0.3 is 12.0 Å². The van der Waals surface area contributed by atoms with E-state index in [-0.39, 0.29) is 18.0 Å². The Balaban J connectivity index is 1.53. The van der Waals surface area contributed by atoms with Gasteiger partial charge in [0.25, 0.3) is 0 Å². The number of likely N-dealkylation sites (tertiary alicyclic amines) is 2. The average molecular weight is 281 g/mol. The van der Waals surface area contributed by atoms with Crippen LogP contribution in [0.4, 0.5) is 4.79 Å². The number of carboxylic acid groups (broad SMARTS) is 1. The number of nitrogens with zero attached hydrogens (tertiary/aromatic N) is 2. The van der Waals surface area contributed by atoms with Gasteiger partial charge in [0, 0.05) is 38.6 Å². The van der Waals surface area contributed by atoms with Crippen molar-refractivity contribution in [3.05, 3.63) is 0 Å². The third-order valence-corrected chi connectivity index (χ3v) is 4.59. The van der Waals surface area contributed by atoms with Crippen molar-refractivity contribution in [2.45, 2.75) is 25.3 Å². The molecule has 3 aliphatic heterocycles. The minimum absolute atomic E-state index is 0.0575. The summed E-state index contributed by atoms with van der Waals surface area (Å²) in [5.74, 6) is -0.798. The van der Waals surface area contributed by atoms with Gasteiger partial charge in [-0.05, 0) is 18.8 Å². The van der Waals surface area contributed by atoms with Crippen LogP contribution in [0.2, 0.25) is 0 Å². The second kappa shape index (κ2) is 4.96. The van der Waals surface area contributed by atoms with Crippen LogP contribution in [0, 0.1) is 11.8 Å². The van der Waals surface area contributed by atoms with Crippen LogP contribution < -0.4 is 5.32 Å². The van der Waals surface area contributed by atoms with E-state index < -0.39 is 11.9 Å². The number of nitrogens with one attached hydrogen (secondary N) is 1. The number of carbonyl (C=O) groups excluding carboxylic acids is 2. The molecule has 3 amide bonds.